The normalized spacial score (nSPS) is 20.5. The summed E-state index contributed by atoms with van der Waals surface area (Å²) in [6.07, 6.45) is 6.14. The topological polar surface area (TPSA) is 73.3 Å². The van der Waals surface area contributed by atoms with Crippen molar-refractivity contribution in [2.45, 2.75) is 63.8 Å². The molecule has 2 atom stereocenters. The molecule has 2 fully saturated rings. The predicted octanol–water partition coefficient (Wildman–Crippen LogP) is 3.49. The third kappa shape index (κ3) is 7.46. The van der Waals surface area contributed by atoms with Gasteiger partial charge in [-0.05, 0) is 45.1 Å². The summed E-state index contributed by atoms with van der Waals surface area (Å²) in [7, 11) is 3.46. The molecule has 30 heavy (non-hydrogen) atoms. The number of nitrogens with one attached hydrogen (secondary N) is 2. The van der Waals surface area contributed by atoms with E-state index in [0.29, 0.717) is 19.8 Å². The number of guanidine groups is 1. The maximum Gasteiger partial charge on any atom is 0.191 e. The minimum atomic E-state index is 0. The third-order valence-electron chi connectivity index (χ3n) is 5.39. The number of nitrogens with zero attached hydrogens (tertiary/aromatic N) is 1. The van der Waals surface area contributed by atoms with E-state index in [2.05, 4.69) is 28.6 Å². The zero-order chi connectivity index (χ0) is 20.5. The molecule has 7 nitrogen and oxygen atoms in total. The molecule has 1 aliphatic heterocycles. The van der Waals surface area contributed by atoms with Crippen molar-refractivity contribution >= 4 is 29.9 Å². The van der Waals surface area contributed by atoms with Crippen LogP contribution >= 0.6 is 24.0 Å². The molecule has 0 aromatic heterocycles. The van der Waals surface area contributed by atoms with Crippen molar-refractivity contribution in [3.05, 3.63) is 23.8 Å². The van der Waals surface area contributed by atoms with Crippen LogP contribution in [-0.4, -0.2) is 58.2 Å². The Kier molecular flexibility index (Phi) is 11.0. The number of rotatable bonds is 9. The zero-order valence-electron chi connectivity index (χ0n) is 18.3. The van der Waals surface area contributed by atoms with Gasteiger partial charge in [0.1, 0.15) is 0 Å². The minimum absolute atomic E-state index is 0. The molecular formula is C22H36IN3O4. The smallest absolute Gasteiger partial charge is 0.191 e. The van der Waals surface area contributed by atoms with Crippen molar-refractivity contribution in [2.75, 3.05) is 34.0 Å². The molecule has 1 aromatic carbocycles. The lowest BCUT2D eigenvalue weighted by atomic mass is 10.1. The molecule has 1 saturated carbocycles. The summed E-state index contributed by atoms with van der Waals surface area (Å²) in [5.41, 5.74) is 1.06. The monoisotopic (exact) mass is 533 g/mol. The van der Waals surface area contributed by atoms with Crippen LogP contribution in [0.4, 0.5) is 0 Å². The first-order chi connectivity index (χ1) is 14.2. The lowest BCUT2D eigenvalue weighted by Crippen LogP contribution is -2.44. The number of ether oxygens (including phenoxy) is 4. The molecule has 170 valence electrons. The molecule has 2 N–H and O–H groups in total. The van der Waals surface area contributed by atoms with Crippen molar-refractivity contribution < 1.29 is 18.9 Å². The molecule has 1 saturated heterocycles. The Morgan fingerprint density at radius 1 is 1.23 bits per heavy atom. The molecule has 2 aliphatic rings. The zero-order valence-corrected chi connectivity index (χ0v) is 20.6. The molecule has 8 heteroatoms. The first-order valence-corrected chi connectivity index (χ1v) is 10.7. The second-order valence-corrected chi connectivity index (χ2v) is 7.76. The van der Waals surface area contributed by atoms with Crippen LogP contribution in [0.3, 0.4) is 0 Å². The van der Waals surface area contributed by atoms with Gasteiger partial charge in [-0.25, -0.2) is 0 Å². The summed E-state index contributed by atoms with van der Waals surface area (Å²) in [4.78, 5) is 4.34. The molecule has 3 rings (SSSR count). The lowest BCUT2D eigenvalue weighted by Gasteiger charge is -2.22. The Morgan fingerprint density at radius 2 is 2.03 bits per heavy atom. The van der Waals surface area contributed by atoms with Gasteiger partial charge in [0.05, 0.1) is 32.5 Å². The molecule has 0 radical (unpaired) electrons. The SMILES string of the molecule is CN=C(NCc1cccc(OC)c1OC1CCCC1)NC(C)COC1CCOC1.I. The fraction of sp³-hybridized carbons (Fsp3) is 0.682. The van der Waals surface area contributed by atoms with Crippen LogP contribution in [0.5, 0.6) is 11.5 Å². The Bertz CT molecular complexity index is 662. The van der Waals surface area contributed by atoms with Gasteiger partial charge in [-0.2, -0.15) is 0 Å². The maximum atomic E-state index is 6.31. The van der Waals surface area contributed by atoms with Gasteiger partial charge in [0.15, 0.2) is 17.5 Å². The summed E-state index contributed by atoms with van der Waals surface area (Å²) >= 11 is 0. The molecule has 2 unspecified atom stereocenters. The Morgan fingerprint density at radius 3 is 2.70 bits per heavy atom. The predicted molar refractivity (Wildman–Crippen MR) is 129 cm³/mol. The molecule has 1 aliphatic carbocycles. The highest BCUT2D eigenvalue weighted by Gasteiger charge is 2.21. The Labute approximate surface area is 197 Å². The van der Waals surface area contributed by atoms with Crippen LogP contribution < -0.4 is 20.1 Å². The summed E-state index contributed by atoms with van der Waals surface area (Å²) in [5.74, 6) is 2.35. The van der Waals surface area contributed by atoms with Crippen molar-refractivity contribution in [2.24, 2.45) is 4.99 Å². The van der Waals surface area contributed by atoms with E-state index >= 15 is 0 Å². The standard InChI is InChI=1S/C22H35N3O4.HI/c1-16(14-28-19-11-12-27-15-19)25-22(23-2)24-13-17-7-6-10-20(26-3)21(17)29-18-8-4-5-9-18;/h6-7,10,16,18-19H,4-5,8-9,11-15H2,1-3H3,(H2,23,24,25);1H. The van der Waals surface area contributed by atoms with E-state index in [9.17, 15) is 0 Å². The van der Waals surface area contributed by atoms with Gasteiger partial charge in [0, 0.05) is 31.8 Å². The van der Waals surface area contributed by atoms with Crippen LogP contribution in [0, 0.1) is 0 Å². The van der Waals surface area contributed by atoms with E-state index in [0.717, 1.165) is 48.9 Å². The maximum absolute atomic E-state index is 6.31. The van der Waals surface area contributed by atoms with E-state index in [1.54, 1.807) is 14.2 Å². The number of methoxy groups -OCH3 is 1. The van der Waals surface area contributed by atoms with Crippen LogP contribution in [-0.2, 0) is 16.0 Å². The van der Waals surface area contributed by atoms with E-state index in [4.69, 9.17) is 18.9 Å². The van der Waals surface area contributed by atoms with Gasteiger partial charge in [-0.1, -0.05) is 12.1 Å². The average Bonchev–Trinajstić information content (AvgIpc) is 3.44. The fourth-order valence-electron chi connectivity index (χ4n) is 3.74. The van der Waals surface area contributed by atoms with Gasteiger partial charge in [-0.3, -0.25) is 4.99 Å². The van der Waals surface area contributed by atoms with Crippen LogP contribution in [0.1, 0.15) is 44.6 Å². The number of hydrogen-bond donors (Lipinski definition) is 2. The quantitative estimate of drug-likeness (QED) is 0.288. The fourth-order valence-corrected chi connectivity index (χ4v) is 3.74. The van der Waals surface area contributed by atoms with Gasteiger partial charge >= 0.3 is 0 Å². The molecule has 0 amide bonds. The molecule has 0 bridgehead atoms. The second-order valence-electron chi connectivity index (χ2n) is 7.76. The van der Waals surface area contributed by atoms with Crippen LogP contribution in [0.25, 0.3) is 0 Å². The van der Waals surface area contributed by atoms with Crippen LogP contribution in [0.2, 0.25) is 0 Å². The molecule has 1 aromatic rings. The number of aliphatic imine (C=N–C) groups is 1. The van der Waals surface area contributed by atoms with Crippen molar-refractivity contribution in [3.63, 3.8) is 0 Å². The third-order valence-corrected chi connectivity index (χ3v) is 5.39. The van der Waals surface area contributed by atoms with Crippen molar-refractivity contribution in [3.8, 4) is 11.5 Å². The lowest BCUT2D eigenvalue weighted by molar-refractivity contribution is 0.0347. The van der Waals surface area contributed by atoms with Crippen LogP contribution in [0.15, 0.2) is 23.2 Å². The Balaban J connectivity index is 0.00000320. The highest BCUT2D eigenvalue weighted by Crippen LogP contribution is 2.34. The Hall–Kier alpha value is -1.26. The number of para-hydroxylation sites is 1. The van der Waals surface area contributed by atoms with Crippen molar-refractivity contribution in [1.82, 2.24) is 10.6 Å². The molecular weight excluding hydrogens is 497 g/mol. The number of benzene rings is 1. The average molecular weight is 533 g/mol. The number of hydrogen-bond acceptors (Lipinski definition) is 5. The van der Waals surface area contributed by atoms with E-state index in [1.807, 2.05) is 12.1 Å². The van der Waals surface area contributed by atoms with E-state index < -0.39 is 0 Å². The highest BCUT2D eigenvalue weighted by molar-refractivity contribution is 14.0. The summed E-state index contributed by atoms with van der Waals surface area (Å²) < 4.78 is 23.1. The highest BCUT2D eigenvalue weighted by atomic mass is 127. The summed E-state index contributed by atoms with van der Waals surface area (Å²) in [6, 6.07) is 6.15. The van der Waals surface area contributed by atoms with Gasteiger partial charge < -0.3 is 29.6 Å². The van der Waals surface area contributed by atoms with Gasteiger partial charge in [0.2, 0.25) is 0 Å². The van der Waals surface area contributed by atoms with Crippen molar-refractivity contribution in [1.29, 1.82) is 0 Å². The second kappa shape index (κ2) is 13.2. The minimum Gasteiger partial charge on any atom is -0.493 e. The van der Waals surface area contributed by atoms with Gasteiger partial charge in [-0.15, -0.1) is 24.0 Å². The summed E-state index contributed by atoms with van der Waals surface area (Å²) in [6.45, 7) is 4.79. The van der Waals surface area contributed by atoms with Gasteiger partial charge in [0.25, 0.3) is 0 Å². The first-order valence-electron chi connectivity index (χ1n) is 10.7. The van der Waals surface area contributed by atoms with E-state index in [1.165, 1.54) is 12.8 Å². The van der Waals surface area contributed by atoms with E-state index in [-0.39, 0.29) is 42.2 Å². The number of halogens is 1. The first kappa shape index (κ1) is 25.0. The molecule has 0 spiro atoms. The largest absolute Gasteiger partial charge is 0.493 e. The summed E-state index contributed by atoms with van der Waals surface area (Å²) in [5, 5.41) is 6.77. The molecule has 1 heterocycles.